The first-order chi connectivity index (χ1) is 6.24. The van der Waals surface area contributed by atoms with Crippen LogP contribution in [0.25, 0.3) is 0 Å². The van der Waals surface area contributed by atoms with Crippen LogP contribution in [-0.2, 0) is 4.74 Å². The highest BCUT2D eigenvalue weighted by atomic mass is 16.5. The maximum Gasteiger partial charge on any atom is 0.0812 e. The van der Waals surface area contributed by atoms with Crippen LogP contribution in [0.4, 0.5) is 0 Å². The van der Waals surface area contributed by atoms with Gasteiger partial charge in [-0.25, -0.2) is 0 Å². The molecule has 2 nitrogen and oxygen atoms in total. The summed E-state index contributed by atoms with van der Waals surface area (Å²) < 4.78 is 4.90. The molecule has 1 rings (SSSR count). The summed E-state index contributed by atoms with van der Waals surface area (Å²) in [7, 11) is 1.64. The number of rotatable bonds is 4. The predicted molar refractivity (Wildman–Crippen MR) is 52.6 cm³/mol. The molecule has 0 radical (unpaired) electrons. The molecule has 0 aliphatic carbocycles. The lowest BCUT2D eigenvalue weighted by Crippen LogP contribution is -2.01. The Bertz CT molecular complexity index is 241. The summed E-state index contributed by atoms with van der Waals surface area (Å²) in [4.78, 5) is 0. The second kappa shape index (κ2) is 5.00. The van der Waals surface area contributed by atoms with Crippen LogP contribution in [0.5, 0.6) is 0 Å². The predicted octanol–water partition coefficient (Wildman–Crippen LogP) is 2.06. The SMILES string of the molecule is COCCC(O)c1ccc(C)cc1. The molecule has 0 saturated carbocycles. The maximum absolute atomic E-state index is 9.66. The van der Waals surface area contributed by atoms with E-state index in [2.05, 4.69) is 0 Å². The fourth-order valence-corrected chi connectivity index (χ4v) is 1.18. The summed E-state index contributed by atoms with van der Waals surface area (Å²) in [6.45, 7) is 2.63. The molecule has 1 aromatic carbocycles. The van der Waals surface area contributed by atoms with Crippen LogP contribution in [0.2, 0.25) is 0 Å². The maximum atomic E-state index is 9.66. The minimum atomic E-state index is -0.402. The topological polar surface area (TPSA) is 29.5 Å². The molecule has 0 aromatic heterocycles. The van der Waals surface area contributed by atoms with E-state index < -0.39 is 6.10 Å². The second-order valence-electron chi connectivity index (χ2n) is 3.21. The van der Waals surface area contributed by atoms with Gasteiger partial charge in [-0.1, -0.05) is 29.8 Å². The lowest BCUT2D eigenvalue weighted by Gasteiger charge is -2.10. The van der Waals surface area contributed by atoms with Crippen LogP contribution in [0, 0.1) is 6.92 Å². The van der Waals surface area contributed by atoms with E-state index in [4.69, 9.17) is 4.74 Å². The van der Waals surface area contributed by atoms with Crippen LogP contribution in [0.3, 0.4) is 0 Å². The summed E-state index contributed by atoms with van der Waals surface area (Å²) in [6.07, 6.45) is 0.250. The molecule has 1 atom stereocenters. The number of aliphatic hydroxyl groups is 1. The molecular formula is C11H16O2. The van der Waals surface area contributed by atoms with Gasteiger partial charge < -0.3 is 9.84 Å². The largest absolute Gasteiger partial charge is 0.388 e. The van der Waals surface area contributed by atoms with Gasteiger partial charge in [0.25, 0.3) is 0 Å². The Balaban J connectivity index is 2.55. The molecule has 1 aromatic rings. The van der Waals surface area contributed by atoms with Gasteiger partial charge in [0, 0.05) is 20.1 Å². The van der Waals surface area contributed by atoms with E-state index in [1.54, 1.807) is 7.11 Å². The van der Waals surface area contributed by atoms with Crippen LogP contribution in [0.15, 0.2) is 24.3 Å². The third-order valence-electron chi connectivity index (χ3n) is 2.06. The molecule has 0 bridgehead atoms. The van der Waals surface area contributed by atoms with Crippen LogP contribution in [-0.4, -0.2) is 18.8 Å². The van der Waals surface area contributed by atoms with Gasteiger partial charge in [-0.15, -0.1) is 0 Å². The highest BCUT2D eigenvalue weighted by Gasteiger charge is 2.05. The van der Waals surface area contributed by atoms with E-state index in [9.17, 15) is 5.11 Å². The number of methoxy groups -OCH3 is 1. The molecule has 1 N–H and O–H groups in total. The van der Waals surface area contributed by atoms with Crippen molar-refractivity contribution < 1.29 is 9.84 Å². The third-order valence-corrected chi connectivity index (χ3v) is 2.06. The second-order valence-corrected chi connectivity index (χ2v) is 3.21. The third kappa shape index (κ3) is 3.17. The Morgan fingerprint density at radius 1 is 1.31 bits per heavy atom. The van der Waals surface area contributed by atoms with E-state index in [1.165, 1.54) is 5.56 Å². The van der Waals surface area contributed by atoms with E-state index >= 15 is 0 Å². The molecule has 0 aliphatic rings. The highest BCUT2D eigenvalue weighted by Crippen LogP contribution is 2.16. The van der Waals surface area contributed by atoms with E-state index in [0.29, 0.717) is 13.0 Å². The molecule has 0 fully saturated rings. The Kier molecular flexibility index (Phi) is 3.93. The first kappa shape index (κ1) is 10.2. The van der Waals surface area contributed by atoms with Crippen molar-refractivity contribution in [2.45, 2.75) is 19.4 Å². The van der Waals surface area contributed by atoms with Crippen molar-refractivity contribution in [2.24, 2.45) is 0 Å². The minimum Gasteiger partial charge on any atom is -0.388 e. The summed E-state index contributed by atoms with van der Waals surface area (Å²) >= 11 is 0. The summed E-state index contributed by atoms with van der Waals surface area (Å²) in [6, 6.07) is 7.92. The van der Waals surface area contributed by atoms with Gasteiger partial charge in [0.05, 0.1) is 6.10 Å². The van der Waals surface area contributed by atoms with Crippen molar-refractivity contribution in [3.05, 3.63) is 35.4 Å². The number of hydrogen-bond acceptors (Lipinski definition) is 2. The van der Waals surface area contributed by atoms with Crippen molar-refractivity contribution >= 4 is 0 Å². The van der Waals surface area contributed by atoms with Crippen molar-refractivity contribution in [2.75, 3.05) is 13.7 Å². The quantitative estimate of drug-likeness (QED) is 0.768. The Hall–Kier alpha value is -0.860. The average Bonchev–Trinajstić information content (AvgIpc) is 2.15. The zero-order valence-corrected chi connectivity index (χ0v) is 8.16. The van der Waals surface area contributed by atoms with Crippen molar-refractivity contribution in [3.8, 4) is 0 Å². The number of aliphatic hydroxyl groups excluding tert-OH is 1. The smallest absolute Gasteiger partial charge is 0.0812 e. The number of aryl methyl sites for hydroxylation is 1. The summed E-state index contributed by atoms with van der Waals surface area (Å²) in [5.74, 6) is 0. The first-order valence-corrected chi connectivity index (χ1v) is 4.47. The van der Waals surface area contributed by atoms with E-state index in [-0.39, 0.29) is 0 Å². The molecule has 0 aliphatic heterocycles. The normalized spacial score (nSPS) is 12.8. The fraction of sp³-hybridized carbons (Fsp3) is 0.455. The van der Waals surface area contributed by atoms with Crippen molar-refractivity contribution in [1.29, 1.82) is 0 Å². The zero-order valence-electron chi connectivity index (χ0n) is 8.16. The molecule has 0 spiro atoms. The number of hydrogen-bond donors (Lipinski definition) is 1. The molecule has 0 amide bonds. The van der Waals surface area contributed by atoms with Gasteiger partial charge >= 0.3 is 0 Å². The van der Waals surface area contributed by atoms with Crippen molar-refractivity contribution in [1.82, 2.24) is 0 Å². The molecule has 1 unspecified atom stereocenters. The van der Waals surface area contributed by atoms with Gasteiger partial charge in [0.1, 0.15) is 0 Å². The standard InChI is InChI=1S/C11H16O2/c1-9-3-5-10(6-4-9)11(12)7-8-13-2/h3-6,11-12H,7-8H2,1-2H3. The van der Waals surface area contributed by atoms with E-state index in [1.807, 2.05) is 31.2 Å². The zero-order chi connectivity index (χ0) is 9.68. The molecule has 13 heavy (non-hydrogen) atoms. The van der Waals surface area contributed by atoms with E-state index in [0.717, 1.165) is 5.56 Å². The molecule has 0 saturated heterocycles. The lowest BCUT2D eigenvalue weighted by molar-refractivity contribution is 0.110. The Labute approximate surface area is 79.2 Å². The summed E-state index contributed by atoms with van der Waals surface area (Å²) in [5.41, 5.74) is 2.17. The number of ether oxygens (including phenoxy) is 1. The number of benzene rings is 1. The van der Waals surface area contributed by atoms with Crippen LogP contribution >= 0.6 is 0 Å². The average molecular weight is 180 g/mol. The van der Waals surface area contributed by atoms with Crippen LogP contribution in [0.1, 0.15) is 23.7 Å². The fourth-order valence-electron chi connectivity index (χ4n) is 1.18. The monoisotopic (exact) mass is 180 g/mol. The van der Waals surface area contributed by atoms with Gasteiger partial charge in [-0.2, -0.15) is 0 Å². The Morgan fingerprint density at radius 3 is 2.46 bits per heavy atom. The molecule has 72 valence electrons. The van der Waals surface area contributed by atoms with Gasteiger partial charge in [-0.05, 0) is 12.5 Å². The van der Waals surface area contributed by atoms with Gasteiger partial charge in [-0.3, -0.25) is 0 Å². The Morgan fingerprint density at radius 2 is 1.92 bits per heavy atom. The van der Waals surface area contributed by atoms with Crippen LogP contribution < -0.4 is 0 Å². The highest BCUT2D eigenvalue weighted by molar-refractivity contribution is 5.22. The minimum absolute atomic E-state index is 0.402. The lowest BCUT2D eigenvalue weighted by atomic mass is 10.1. The van der Waals surface area contributed by atoms with Crippen molar-refractivity contribution in [3.63, 3.8) is 0 Å². The van der Waals surface area contributed by atoms with Gasteiger partial charge in [0.2, 0.25) is 0 Å². The molecular weight excluding hydrogens is 164 g/mol. The molecule has 2 heteroatoms. The van der Waals surface area contributed by atoms with Gasteiger partial charge in [0.15, 0.2) is 0 Å². The first-order valence-electron chi connectivity index (χ1n) is 4.47. The summed E-state index contributed by atoms with van der Waals surface area (Å²) in [5, 5.41) is 9.66. The molecule has 0 heterocycles.